The summed E-state index contributed by atoms with van der Waals surface area (Å²) in [6.45, 7) is 5.32. The molecule has 0 aliphatic carbocycles. The zero-order chi connectivity index (χ0) is 28.5. The van der Waals surface area contributed by atoms with Crippen molar-refractivity contribution in [2.75, 3.05) is 18.6 Å². The van der Waals surface area contributed by atoms with Crippen LogP contribution in [0.4, 0.5) is 0 Å². The van der Waals surface area contributed by atoms with Crippen LogP contribution in [0, 0.1) is 6.92 Å². The molecule has 0 saturated carbocycles. The summed E-state index contributed by atoms with van der Waals surface area (Å²) < 4.78 is 12.2. The molecule has 2 atom stereocenters. The van der Waals surface area contributed by atoms with E-state index in [1.807, 2.05) is 55.6 Å². The highest BCUT2D eigenvalue weighted by atomic mass is 32.2. The number of amides is 1. The van der Waals surface area contributed by atoms with Crippen molar-refractivity contribution in [3.8, 4) is 16.9 Å². The lowest BCUT2D eigenvalue weighted by molar-refractivity contribution is -0.139. The number of fused-ring (bicyclic) bond motifs is 1. The zero-order valence-corrected chi connectivity index (χ0v) is 24.4. The van der Waals surface area contributed by atoms with Gasteiger partial charge in [0.05, 0.1) is 19.3 Å². The molecule has 0 spiro atoms. The molecule has 0 bridgehead atoms. The number of aryl methyl sites for hydroxylation is 1. The summed E-state index contributed by atoms with van der Waals surface area (Å²) in [7, 11) is 0. The van der Waals surface area contributed by atoms with Gasteiger partial charge in [0.25, 0.3) is 5.91 Å². The molecule has 0 radical (unpaired) electrons. The van der Waals surface area contributed by atoms with Crippen molar-refractivity contribution in [2.24, 2.45) is 0 Å². The molecule has 0 aromatic heterocycles. The van der Waals surface area contributed by atoms with Crippen LogP contribution in [0.5, 0.6) is 5.75 Å². The third-order valence-electron chi connectivity index (χ3n) is 7.33. The van der Waals surface area contributed by atoms with Gasteiger partial charge >= 0.3 is 5.97 Å². The number of rotatable bonds is 14. The molecule has 2 N–H and O–H groups in total. The predicted molar refractivity (Wildman–Crippen MR) is 161 cm³/mol. The SMILES string of the molecule is CCCCC(OCc1ccc(C(=O)NC(CCSC)C(=O)O)c(-c2ccccc2C)c1)c1ccc2c(c1)CCO2. The van der Waals surface area contributed by atoms with E-state index in [9.17, 15) is 14.7 Å². The average molecular weight is 562 g/mol. The molecule has 0 saturated heterocycles. The molecular weight excluding hydrogens is 522 g/mol. The first-order valence-electron chi connectivity index (χ1n) is 14.0. The quantitative estimate of drug-likeness (QED) is 0.221. The van der Waals surface area contributed by atoms with Crippen LogP contribution in [-0.2, 0) is 22.6 Å². The molecule has 3 aromatic rings. The van der Waals surface area contributed by atoms with E-state index in [0.29, 0.717) is 24.3 Å². The van der Waals surface area contributed by atoms with Gasteiger partial charge in [-0.1, -0.05) is 56.2 Å². The van der Waals surface area contributed by atoms with Crippen molar-refractivity contribution in [2.45, 2.75) is 64.7 Å². The highest BCUT2D eigenvalue weighted by molar-refractivity contribution is 7.98. The van der Waals surface area contributed by atoms with Gasteiger partial charge in [0.15, 0.2) is 0 Å². The van der Waals surface area contributed by atoms with Gasteiger partial charge in [0, 0.05) is 12.0 Å². The normalized spacial score (nSPS) is 13.8. The number of thioether (sulfide) groups is 1. The maximum atomic E-state index is 13.4. The molecule has 7 heteroatoms. The Bertz CT molecular complexity index is 1320. The Balaban J connectivity index is 1.60. The highest BCUT2D eigenvalue weighted by Crippen LogP contribution is 2.33. The van der Waals surface area contributed by atoms with E-state index < -0.39 is 12.0 Å². The van der Waals surface area contributed by atoms with Crippen LogP contribution in [0.25, 0.3) is 11.1 Å². The van der Waals surface area contributed by atoms with Gasteiger partial charge < -0.3 is 19.9 Å². The van der Waals surface area contributed by atoms with Gasteiger partial charge in [-0.05, 0) is 89.4 Å². The third kappa shape index (κ3) is 7.46. The maximum absolute atomic E-state index is 13.4. The van der Waals surface area contributed by atoms with Crippen LogP contribution in [-0.4, -0.2) is 41.6 Å². The molecule has 40 heavy (non-hydrogen) atoms. The molecule has 4 rings (SSSR count). The third-order valence-corrected chi connectivity index (χ3v) is 7.98. The summed E-state index contributed by atoms with van der Waals surface area (Å²) in [5.41, 5.74) is 6.55. The first-order chi connectivity index (χ1) is 19.4. The van der Waals surface area contributed by atoms with Crippen molar-refractivity contribution >= 4 is 23.6 Å². The number of unbranched alkanes of at least 4 members (excludes halogenated alkanes) is 1. The molecule has 1 heterocycles. The van der Waals surface area contributed by atoms with Crippen molar-refractivity contribution in [3.63, 3.8) is 0 Å². The van der Waals surface area contributed by atoms with Crippen LogP contribution in [0.1, 0.15) is 71.3 Å². The Labute approximate surface area is 241 Å². The second-order valence-corrected chi connectivity index (χ2v) is 11.2. The van der Waals surface area contributed by atoms with Gasteiger partial charge in [0.2, 0.25) is 0 Å². The van der Waals surface area contributed by atoms with Gasteiger partial charge in [0.1, 0.15) is 11.8 Å². The second kappa shape index (κ2) is 14.4. The van der Waals surface area contributed by atoms with E-state index in [1.165, 1.54) is 5.56 Å². The van der Waals surface area contributed by atoms with E-state index in [2.05, 4.69) is 24.4 Å². The molecule has 212 valence electrons. The Hall–Kier alpha value is -3.29. The lowest BCUT2D eigenvalue weighted by Gasteiger charge is -2.20. The predicted octanol–water partition coefficient (Wildman–Crippen LogP) is 6.98. The summed E-state index contributed by atoms with van der Waals surface area (Å²) in [6.07, 6.45) is 6.24. The number of nitrogens with one attached hydrogen (secondary N) is 1. The van der Waals surface area contributed by atoms with E-state index in [0.717, 1.165) is 65.9 Å². The fourth-order valence-electron chi connectivity index (χ4n) is 5.05. The summed E-state index contributed by atoms with van der Waals surface area (Å²) >= 11 is 1.56. The molecule has 0 fully saturated rings. The van der Waals surface area contributed by atoms with Crippen LogP contribution >= 0.6 is 11.8 Å². The van der Waals surface area contributed by atoms with Crippen molar-refractivity contribution in [1.29, 1.82) is 0 Å². The lowest BCUT2D eigenvalue weighted by Crippen LogP contribution is -2.41. The monoisotopic (exact) mass is 561 g/mol. The van der Waals surface area contributed by atoms with Gasteiger partial charge in [-0.25, -0.2) is 4.79 Å². The smallest absolute Gasteiger partial charge is 0.326 e. The standard InChI is InChI=1S/C33H39NO5S/c1-4-5-10-30(24-12-14-31-25(20-24)15-17-38-31)39-21-23-11-13-27(28(19-23)26-9-7-6-8-22(26)2)32(35)34-29(33(36)37)16-18-40-3/h6-9,11-14,19-20,29-30H,4-5,10,15-18,21H2,1-3H3,(H,34,35)(H,36,37). The summed E-state index contributed by atoms with van der Waals surface area (Å²) in [6, 6.07) is 19.0. The highest BCUT2D eigenvalue weighted by Gasteiger charge is 2.23. The summed E-state index contributed by atoms with van der Waals surface area (Å²) in [5, 5.41) is 12.4. The molecule has 1 aliphatic rings. The minimum absolute atomic E-state index is 0.0384. The van der Waals surface area contributed by atoms with E-state index in [4.69, 9.17) is 9.47 Å². The molecule has 1 amide bonds. The number of carboxylic acids is 1. The first-order valence-corrected chi connectivity index (χ1v) is 15.4. The zero-order valence-electron chi connectivity index (χ0n) is 23.6. The van der Waals surface area contributed by atoms with Crippen molar-refractivity contribution in [1.82, 2.24) is 5.32 Å². The Kier molecular flexibility index (Phi) is 10.7. The topological polar surface area (TPSA) is 84.9 Å². The lowest BCUT2D eigenvalue weighted by atomic mass is 9.93. The largest absolute Gasteiger partial charge is 0.493 e. The second-order valence-electron chi connectivity index (χ2n) is 10.2. The van der Waals surface area contributed by atoms with Gasteiger partial charge in [-0.2, -0.15) is 11.8 Å². The fraction of sp³-hybridized carbons (Fsp3) is 0.394. The number of aliphatic carboxylic acids is 1. The minimum Gasteiger partial charge on any atom is -0.493 e. The van der Waals surface area contributed by atoms with Crippen LogP contribution in [0.2, 0.25) is 0 Å². The molecule has 1 aliphatic heterocycles. The minimum atomic E-state index is -1.03. The number of benzene rings is 3. The van der Waals surface area contributed by atoms with E-state index in [-0.39, 0.29) is 12.0 Å². The number of hydrogen-bond acceptors (Lipinski definition) is 5. The number of carbonyl (C=O) groups is 2. The fourth-order valence-corrected chi connectivity index (χ4v) is 5.52. The molecular formula is C33H39NO5S. The van der Waals surface area contributed by atoms with Gasteiger partial charge in [-0.3, -0.25) is 4.79 Å². The number of ether oxygens (including phenoxy) is 2. The van der Waals surface area contributed by atoms with Crippen molar-refractivity contribution in [3.05, 3.63) is 88.5 Å². The van der Waals surface area contributed by atoms with Gasteiger partial charge in [-0.15, -0.1) is 0 Å². The molecule has 2 unspecified atom stereocenters. The average Bonchev–Trinajstić information content (AvgIpc) is 3.43. The molecule has 6 nitrogen and oxygen atoms in total. The molecule has 3 aromatic carbocycles. The Morgan fingerprint density at radius 3 is 2.65 bits per heavy atom. The van der Waals surface area contributed by atoms with Crippen LogP contribution < -0.4 is 10.1 Å². The van der Waals surface area contributed by atoms with Crippen molar-refractivity contribution < 1.29 is 24.2 Å². The number of carbonyl (C=O) groups excluding carboxylic acids is 1. The van der Waals surface area contributed by atoms with Crippen LogP contribution in [0.15, 0.2) is 60.7 Å². The van der Waals surface area contributed by atoms with Crippen LogP contribution in [0.3, 0.4) is 0 Å². The first kappa shape index (κ1) is 29.7. The van der Waals surface area contributed by atoms with E-state index >= 15 is 0 Å². The Morgan fingerprint density at radius 2 is 1.90 bits per heavy atom. The summed E-state index contributed by atoms with van der Waals surface area (Å²) in [5.74, 6) is 0.198. The number of carboxylic acid groups (broad SMARTS) is 1. The summed E-state index contributed by atoms with van der Waals surface area (Å²) in [4.78, 5) is 25.2. The Morgan fingerprint density at radius 1 is 1.07 bits per heavy atom. The number of hydrogen-bond donors (Lipinski definition) is 2. The van der Waals surface area contributed by atoms with E-state index in [1.54, 1.807) is 17.8 Å². The maximum Gasteiger partial charge on any atom is 0.326 e.